The Bertz CT molecular complexity index is 597. The van der Waals surface area contributed by atoms with E-state index in [2.05, 4.69) is 5.32 Å². The standard InChI is InChI=1S/C17H19NO2/c1-11-4-6-14(7-5-11)16(17(19)20)18-15-9-12(2)8-13(3)10-15/h4-10,16,18H,1-3H3,(H,19,20)/p-1/t16-/m1/s1. The van der Waals surface area contributed by atoms with E-state index < -0.39 is 12.0 Å². The van der Waals surface area contributed by atoms with Gasteiger partial charge in [-0.2, -0.15) is 0 Å². The first kappa shape index (κ1) is 14.1. The van der Waals surface area contributed by atoms with Gasteiger partial charge in [0.15, 0.2) is 0 Å². The van der Waals surface area contributed by atoms with Crippen molar-refractivity contribution in [3.05, 3.63) is 64.7 Å². The maximum Gasteiger partial charge on any atom is 0.0912 e. The molecule has 0 amide bonds. The Morgan fingerprint density at radius 1 is 0.950 bits per heavy atom. The van der Waals surface area contributed by atoms with E-state index in [-0.39, 0.29) is 0 Å². The summed E-state index contributed by atoms with van der Waals surface area (Å²) in [6, 6.07) is 12.5. The fourth-order valence-corrected chi connectivity index (χ4v) is 2.26. The van der Waals surface area contributed by atoms with Crippen molar-refractivity contribution in [3.63, 3.8) is 0 Å². The zero-order valence-corrected chi connectivity index (χ0v) is 11.9. The minimum Gasteiger partial charge on any atom is -0.548 e. The third-order valence-electron chi connectivity index (χ3n) is 3.18. The van der Waals surface area contributed by atoms with Gasteiger partial charge in [0.1, 0.15) is 0 Å². The molecule has 0 spiro atoms. The van der Waals surface area contributed by atoms with Gasteiger partial charge in [0.25, 0.3) is 0 Å². The van der Waals surface area contributed by atoms with E-state index in [4.69, 9.17) is 0 Å². The van der Waals surface area contributed by atoms with E-state index in [1.807, 2.05) is 63.2 Å². The average Bonchev–Trinajstić information content (AvgIpc) is 2.36. The predicted octanol–water partition coefficient (Wildman–Crippen LogP) is 2.51. The number of hydrogen-bond acceptors (Lipinski definition) is 3. The number of carbonyl (C=O) groups excluding carboxylic acids is 1. The van der Waals surface area contributed by atoms with E-state index in [0.717, 1.165) is 22.4 Å². The molecule has 1 N–H and O–H groups in total. The number of carboxylic acids is 1. The lowest BCUT2D eigenvalue weighted by Crippen LogP contribution is -2.34. The number of rotatable bonds is 4. The smallest absolute Gasteiger partial charge is 0.0912 e. The molecule has 0 radical (unpaired) electrons. The summed E-state index contributed by atoms with van der Waals surface area (Å²) in [7, 11) is 0. The van der Waals surface area contributed by atoms with Crippen molar-refractivity contribution in [2.75, 3.05) is 5.32 Å². The van der Waals surface area contributed by atoms with Crippen molar-refractivity contribution in [1.29, 1.82) is 0 Å². The first-order valence-corrected chi connectivity index (χ1v) is 6.58. The summed E-state index contributed by atoms with van der Waals surface area (Å²) in [6.45, 7) is 5.94. The molecule has 3 heteroatoms. The van der Waals surface area contributed by atoms with E-state index in [0.29, 0.717) is 5.56 Å². The van der Waals surface area contributed by atoms with Gasteiger partial charge in [-0.15, -0.1) is 0 Å². The van der Waals surface area contributed by atoms with Gasteiger partial charge in [0.2, 0.25) is 0 Å². The molecule has 2 aromatic carbocycles. The maximum absolute atomic E-state index is 11.4. The van der Waals surface area contributed by atoms with Crippen molar-refractivity contribution < 1.29 is 9.90 Å². The van der Waals surface area contributed by atoms with Gasteiger partial charge in [-0.1, -0.05) is 35.9 Å². The largest absolute Gasteiger partial charge is 0.548 e. The number of carboxylic acid groups (broad SMARTS) is 1. The van der Waals surface area contributed by atoms with Crippen molar-refractivity contribution >= 4 is 11.7 Å². The summed E-state index contributed by atoms with van der Waals surface area (Å²) in [5, 5.41) is 14.4. The Kier molecular flexibility index (Phi) is 4.08. The van der Waals surface area contributed by atoms with Crippen LogP contribution in [-0.2, 0) is 4.79 Å². The van der Waals surface area contributed by atoms with Crippen LogP contribution in [0.25, 0.3) is 0 Å². The molecule has 0 saturated heterocycles. The Balaban J connectivity index is 2.30. The Hall–Kier alpha value is -2.29. The molecular weight excluding hydrogens is 250 g/mol. The summed E-state index contributed by atoms with van der Waals surface area (Å²) in [4.78, 5) is 11.4. The number of carbonyl (C=O) groups is 1. The molecule has 0 bridgehead atoms. The van der Waals surface area contributed by atoms with E-state index in [1.165, 1.54) is 0 Å². The summed E-state index contributed by atoms with van der Waals surface area (Å²) < 4.78 is 0. The fraction of sp³-hybridized carbons (Fsp3) is 0.235. The van der Waals surface area contributed by atoms with Crippen molar-refractivity contribution in [3.8, 4) is 0 Å². The van der Waals surface area contributed by atoms with Gasteiger partial charge in [0, 0.05) is 5.69 Å². The second-order valence-electron chi connectivity index (χ2n) is 5.18. The summed E-state index contributed by atoms with van der Waals surface area (Å²) in [5.74, 6) is -1.13. The van der Waals surface area contributed by atoms with Crippen LogP contribution in [0.1, 0.15) is 28.3 Å². The highest BCUT2D eigenvalue weighted by Crippen LogP contribution is 2.21. The predicted molar refractivity (Wildman–Crippen MR) is 78.5 cm³/mol. The third-order valence-corrected chi connectivity index (χ3v) is 3.18. The summed E-state index contributed by atoms with van der Waals surface area (Å²) in [6.07, 6.45) is 0. The van der Waals surface area contributed by atoms with Crippen molar-refractivity contribution in [2.45, 2.75) is 26.8 Å². The number of hydrogen-bond donors (Lipinski definition) is 1. The van der Waals surface area contributed by atoms with Crippen molar-refractivity contribution in [2.24, 2.45) is 0 Å². The van der Waals surface area contributed by atoms with Crippen LogP contribution in [0.4, 0.5) is 5.69 Å². The summed E-state index contributed by atoms with van der Waals surface area (Å²) in [5.41, 5.74) is 4.76. The number of nitrogens with one attached hydrogen (secondary N) is 1. The van der Waals surface area contributed by atoms with Gasteiger partial charge in [-0.3, -0.25) is 0 Å². The molecule has 1 atom stereocenters. The minimum absolute atomic E-state index is 0.690. The molecule has 20 heavy (non-hydrogen) atoms. The molecule has 0 aliphatic rings. The lowest BCUT2D eigenvalue weighted by atomic mass is 10.0. The van der Waals surface area contributed by atoms with Gasteiger partial charge in [-0.25, -0.2) is 0 Å². The van der Waals surface area contributed by atoms with Crippen LogP contribution in [0.5, 0.6) is 0 Å². The maximum atomic E-state index is 11.4. The lowest BCUT2D eigenvalue weighted by molar-refractivity contribution is -0.307. The molecule has 3 nitrogen and oxygen atoms in total. The van der Waals surface area contributed by atoms with Gasteiger partial charge < -0.3 is 15.2 Å². The van der Waals surface area contributed by atoms with E-state index in [1.54, 1.807) is 0 Å². The molecule has 0 aliphatic heterocycles. The van der Waals surface area contributed by atoms with E-state index >= 15 is 0 Å². The highest BCUT2D eigenvalue weighted by atomic mass is 16.4. The number of benzene rings is 2. The monoisotopic (exact) mass is 268 g/mol. The van der Waals surface area contributed by atoms with Crippen molar-refractivity contribution in [1.82, 2.24) is 0 Å². The molecule has 2 rings (SSSR count). The molecule has 0 heterocycles. The molecule has 0 aromatic heterocycles. The quantitative estimate of drug-likeness (QED) is 0.927. The zero-order chi connectivity index (χ0) is 14.7. The lowest BCUT2D eigenvalue weighted by Gasteiger charge is -2.22. The van der Waals surface area contributed by atoms with Crippen LogP contribution in [0.3, 0.4) is 0 Å². The van der Waals surface area contributed by atoms with Crippen LogP contribution in [0.15, 0.2) is 42.5 Å². The molecular formula is C17H18NO2-. The minimum atomic E-state index is -1.13. The van der Waals surface area contributed by atoms with Crippen LogP contribution in [-0.4, -0.2) is 5.97 Å². The summed E-state index contributed by atoms with van der Waals surface area (Å²) >= 11 is 0. The molecule has 0 aliphatic carbocycles. The van der Waals surface area contributed by atoms with Gasteiger partial charge in [-0.05, 0) is 49.6 Å². The number of anilines is 1. The fourth-order valence-electron chi connectivity index (χ4n) is 2.26. The average molecular weight is 268 g/mol. The SMILES string of the molecule is Cc1ccc([C@@H](Nc2cc(C)cc(C)c2)C(=O)[O-])cc1. The zero-order valence-electron chi connectivity index (χ0n) is 11.9. The molecule has 0 unspecified atom stereocenters. The Morgan fingerprint density at radius 2 is 1.50 bits per heavy atom. The number of aryl methyl sites for hydroxylation is 3. The molecule has 104 valence electrons. The normalized spacial score (nSPS) is 11.9. The van der Waals surface area contributed by atoms with Crippen LogP contribution in [0, 0.1) is 20.8 Å². The highest BCUT2D eigenvalue weighted by molar-refractivity contribution is 5.77. The van der Waals surface area contributed by atoms with Gasteiger partial charge >= 0.3 is 0 Å². The Labute approximate surface area is 119 Å². The molecule has 0 saturated carbocycles. The first-order valence-electron chi connectivity index (χ1n) is 6.58. The van der Waals surface area contributed by atoms with Crippen LogP contribution in [0.2, 0.25) is 0 Å². The van der Waals surface area contributed by atoms with Crippen LogP contribution < -0.4 is 10.4 Å². The van der Waals surface area contributed by atoms with E-state index in [9.17, 15) is 9.90 Å². The molecule has 0 fully saturated rings. The topological polar surface area (TPSA) is 52.2 Å². The highest BCUT2D eigenvalue weighted by Gasteiger charge is 2.12. The number of aliphatic carboxylic acids is 1. The second-order valence-corrected chi connectivity index (χ2v) is 5.18. The van der Waals surface area contributed by atoms with Gasteiger partial charge in [0.05, 0.1) is 12.0 Å². The molecule has 2 aromatic rings. The first-order chi connectivity index (χ1) is 9.45. The third kappa shape index (κ3) is 3.38. The second kappa shape index (κ2) is 5.78. The van der Waals surface area contributed by atoms with Crippen LogP contribution >= 0.6 is 0 Å². The Morgan fingerprint density at radius 3 is 2.00 bits per heavy atom.